The minimum absolute atomic E-state index is 0.179. The summed E-state index contributed by atoms with van der Waals surface area (Å²) in [6.07, 6.45) is 8.12. The van der Waals surface area contributed by atoms with Crippen LogP contribution >= 0.6 is 0 Å². The van der Waals surface area contributed by atoms with Crippen molar-refractivity contribution in [3.05, 3.63) is 53.9 Å². The third-order valence-corrected chi connectivity index (χ3v) is 4.81. The number of nitrogens with one attached hydrogen (secondary N) is 2. The smallest absolute Gasteiger partial charge is 0.274 e. The van der Waals surface area contributed by atoms with Gasteiger partial charge >= 0.3 is 0 Å². The average Bonchev–Trinajstić information content (AvgIpc) is 2.63. The molecule has 0 saturated heterocycles. The molecule has 0 radical (unpaired) electrons. The van der Waals surface area contributed by atoms with Crippen molar-refractivity contribution in [3.8, 4) is 0 Å². The summed E-state index contributed by atoms with van der Waals surface area (Å²) in [5.41, 5.74) is 3.47. The van der Waals surface area contributed by atoms with Crippen molar-refractivity contribution in [1.82, 2.24) is 4.98 Å². The summed E-state index contributed by atoms with van der Waals surface area (Å²) in [5, 5.41) is 6.42. The number of benzene rings is 1. The van der Waals surface area contributed by atoms with Crippen molar-refractivity contribution in [1.29, 1.82) is 0 Å². The molecule has 1 aliphatic carbocycles. The van der Waals surface area contributed by atoms with Gasteiger partial charge in [-0.05, 0) is 48.6 Å². The van der Waals surface area contributed by atoms with Gasteiger partial charge in [-0.25, -0.2) is 4.98 Å². The van der Waals surface area contributed by atoms with Gasteiger partial charge in [-0.3, -0.25) is 4.79 Å². The van der Waals surface area contributed by atoms with Gasteiger partial charge in [-0.1, -0.05) is 45.2 Å². The topological polar surface area (TPSA) is 54.0 Å². The van der Waals surface area contributed by atoms with Gasteiger partial charge in [0.25, 0.3) is 5.91 Å². The Hall–Kier alpha value is -2.36. The Kier molecular flexibility index (Phi) is 5.69. The molecule has 1 fully saturated rings. The van der Waals surface area contributed by atoms with Crippen molar-refractivity contribution in [2.45, 2.75) is 57.9 Å². The Balaban J connectivity index is 1.58. The predicted molar refractivity (Wildman–Crippen MR) is 103 cm³/mol. The maximum Gasteiger partial charge on any atom is 0.274 e. The summed E-state index contributed by atoms with van der Waals surface area (Å²) >= 11 is 0. The van der Waals surface area contributed by atoms with E-state index >= 15 is 0 Å². The SMILES string of the molecule is CC(C)c1ccc(NC(=O)c2ccc(NC3CCCCC3)cn2)cc1. The zero-order valence-electron chi connectivity index (χ0n) is 15.1. The van der Waals surface area contributed by atoms with E-state index in [1.807, 2.05) is 30.3 Å². The number of carbonyl (C=O) groups is 1. The molecule has 4 heteroatoms. The van der Waals surface area contributed by atoms with E-state index in [2.05, 4.69) is 29.5 Å². The number of amides is 1. The van der Waals surface area contributed by atoms with Gasteiger partial charge < -0.3 is 10.6 Å². The molecule has 3 rings (SSSR count). The first-order chi connectivity index (χ1) is 12.1. The van der Waals surface area contributed by atoms with Crippen LogP contribution in [0, 0.1) is 0 Å². The number of hydrogen-bond acceptors (Lipinski definition) is 3. The van der Waals surface area contributed by atoms with E-state index in [-0.39, 0.29) is 5.91 Å². The Morgan fingerprint density at radius 2 is 1.68 bits per heavy atom. The molecular weight excluding hydrogens is 310 g/mol. The summed E-state index contributed by atoms with van der Waals surface area (Å²) in [5.74, 6) is 0.303. The minimum atomic E-state index is -0.179. The number of carbonyl (C=O) groups excluding carboxylic acids is 1. The fourth-order valence-electron chi connectivity index (χ4n) is 3.24. The zero-order valence-corrected chi connectivity index (χ0v) is 15.1. The molecule has 0 unspecified atom stereocenters. The number of nitrogens with zero attached hydrogens (tertiary/aromatic N) is 1. The fraction of sp³-hybridized carbons (Fsp3) is 0.429. The molecule has 0 atom stereocenters. The first-order valence-electron chi connectivity index (χ1n) is 9.26. The van der Waals surface area contributed by atoms with Crippen LogP contribution in [-0.2, 0) is 0 Å². The average molecular weight is 337 g/mol. The lowest BCUT2D eigenvalue weighted by atomic mass is 9.95. The Bertz CT molecular complexity index is 686. The lowest BCUT2D eigenvalue weighted by molar-refractivity contribution is 0.102. The third kappa shape index (κ3) is 4.81. The molecule has 0 bridgehead atoms. The Morgan fingerprint density at radius 3 is 2.28 bits per heavy atom. The van der Waals surface area contributed by atoms with E-state index in [1.54, 1.807) is 12.3 Å². The van der Waals surface area contributed by atoms with Crippen LogP contribution in [-0.4, -0.2) is 16.9 Å². The van der Waals surface area contributed by atoms with Gasteiger partial charge in [0.15, 0.2) is 0 Å². The molecule has 2 N–H and O–H groups in total. The second kappa shape index (κ2) is 8.15. The monoisotopic (exact) mass is 337 g/mol. The largest absolute Gasteiger partial charge is 0.381 e. The van der Waals surface area contributed by atoms with Gasteiger partial charge in [0.1, 0.15) is 5.69 Å². The molecule has 1 aliphatic rings. The van der Waals surface area contributed by atoms with Gasteiger partial charge in [-0.15, -0.1) is 0 Å². The Morgan fingerprint density at radius 1 is 1.00 bits per heavy atom. The third-order valence-electron chi connectivity index (χ3n) is 4.81. The molecule has 1 aromatic carbocycles. The van der Waals surface area contributed by atoms with E-state index in [1.165, 1.54) is 37.7 Å². The highest BCUT2D eigenvalue weighted by molar-refractivity contribution is 6.02. The molecular formula is C21H27N3O. The van der Waals surface area contributed by atoms with Gasteiger partial charge in [-0.2, -0.15) is 0 Å². The summed E-state index contributed by atoms with van der Waals surface area (Å²) < 4.78 is 0. The van der Waals surface area contributed by atoms with Crippen molar-refractivity contribution >= 4 is 17.3 Å². The van der Waals surface area contributed by atoms with Crippen LogP contribution in [0.1, 0.15) is 67.9 Å². The van der Waals surface area contributed by atoms with Crippen molar-refractivity contribution in [3.63, 3.8) is 0 Å². The molecule has 132 valence electrons. The quantitative estimate of drug-likeness (QED) is 0.788. The number of pyridine rings is 1. The molecule has 25 heavy (non-hydrogen) atoms. The molecule has 0 aliphatic heterocycles. The van der Waals surface area contributed by atoms with Crippen molar-refractivity contribution in [2.24, 2.45) is 0 Å². The highest BCUT2D eigenvalue weighted by Gasteiger charge is 2.14. The lowest BCUT2D eigenvalue weighted by Crippen LogP contribution is -2.22. The molecule has 4 nitrogen and oxygen atoms in total. The number of rotatable bonds is 5. The van der Waals surface area contributed by atoms with Crippen LogP contribution in [0.25, 0.3) is 0 Å². The molecule has 1 amide bonds. The molecule has 1 heterocycles. The normalized spacial score (nSPS) is 15.2. The van der Waals surface area contributed by atoms with E-state index in [0.29, 0.717) is 17.7 Å². The van der Waals surface area contributed by atoms with E-state index in [9.17, 15) is 4.79 Å². The first kappa shape index (κ1) is 17.5. The van der Waals surface area contributed by atoms with Crippen LogP contribution in [0.4, 0.5) is 11.4 Å². The number of hydrogen-bond donors (Lipinski definition) is 2. The second-order valence-corrected chi connectivity index (χ2v) is 7.14. The molecule has 1 aromatic heterocycles. The predicted octanol–water partition coefficient (Wildman–Crippen LogP) is 5.20. The van der Waals surface area contributed by atoms with Gasteiger partial charge in [0.05, 0.1) is 11.9 Å². The van der Waals surface area contributed by atoms with Crippen molar-refractivity contribution in [2.75, 3.05) is 10.6 Å². The molecule has 0 spiro atoms. The first-order valence-corrected chi connectivity index (χ1v) is 9.26. The number of anilines is 2. The van der Waals surface area contributed by atoms with Gasteiger partial charge in [0, 0.05) is 11.7 Å². The molecule has 2 aromatic rings. The fourth-order valence-corrected chi connectivity index (χ4v) is 3.24. The molecule has 1 saturated carbocycles. The van der Waals surface area contributed by atoms with E-state index < -0.39 is 0 Å². The van der Waals surface area contributed by atoms with E-state index in [0.717, 1.165) is 11.4 Å². The summed E-state index contributed by atoms with van der Waals surface area (Å²) in [7, 11) is 0. The van der Waals surface area contributed by atoms with Crippen LogP contribution in [0.5, 0.6) is 0 Å². The summed E-state index contributed by atoms with van der Waals surface area (Å²) in [6, 6.07) is 12.2. The standard InChI is InChI=1S/C21H27N3O/c1-15(2)16-8-10-18(11-9-16)24-21(25)20-13-12-19(14-22-20)23-17-6-4-3-5-7-17/h8-15,17,23H,3-7H2,1-2H3,(H,24,25). The number of aromatic nitrogens is 1. The van der Waals surface area contributed by atoms with Crippen molar-refractivity contribution < 1.29 is 4.79 Å². The highest BCUT2D eigenvalue weighted by atomic mass is 16.1. The lowest BCUT2D eigenvalue weighted by Gasteiger charge is -2.23. The van der Waals surface area contributed by atoms with Crippen LogP contribution < -0.4 is 10.6 Å². The highest BCUT2D eigenvalue weighted by Crippen LogP contribution is 2.21. The zero-order chi connectivity index (χ0) is 17.6. The maximum atomic E-state index is 12.3. The van der Waals surface area contributed by atoms with Crippen LogP contribution in [0.2, 0.25) is 0 Å². The van der Waals surface area contributed by atoms with Crippen LogP contribution in [0.3, 0.4) is 0 Å². The van der Waals surface area contributed by atoms with Crippen LogP contribution in [0.15, 0.2) is 42.6 Å². The minimum Gasteiger partial charge on any atom is -0.381 e. The summed E-state index contributed by atoms with van der Waals surface area (Å²) in [6.45, 7) is 4.31. The van der Waals surface area contributed by atoms with E-state index in [4.69, 9.17) is 0 Å². The maximum absolute atomic E-state index is 12.3. The second-order valence-electron chi connectivity index (χ2n) is 7.14. The Labute approximate surface area is 150 Å². The van der Waals surface area contributed by atoms with Gasteiger partial charge in [0.2, 0.25) is 0 Å². The summed E-state index contributed by atoms with van der Waals surface area (Å²) in [4.78, 5) is 16.7.